The highest BCUT2D eigenvalue weighted by atomic mass is 16.4. The second-order valence-electron chi connectivity index (χ2n) is 4.21. The number of para-hydroxylation sites is 1. The van der Waals surface area contributed by atoms with Crippen LogP contribution in [0.15, 0.2) is 66.7 Å². The Kier molecular flexibility index (Phi) is 4.71. The highest BCUT2D eigenvalue weighted by Gasteiger charge is 1.98. The SMILES string of the molecule is O=C([O-])C=CC(=O)Nc1ccc(Nc2ccccc2)cc1. The molecule has 0 spiro atoms. The Morgan fingerprint density at radius 2 is 1.38 bits per heavy atom. The van der Waals surface area contributed by atoms with Crippen LogP contribution in [0.1, 0.15) is 0 Å². The number of carboxylic acids is 1. The predicted octanol–water partition coefficient (Wildman–Crippen LogP) is 1.67. The van der Waals surface area contributed by atoms with E-state index < -0.39 is 11.9 Å². The third-order valence-electron chi connectivity index (χ3n) is 2.59. The summed E-state index contributed by atoms with van der Waals surface area (Å²) in [5.41, 5.74) is 2.41. The molecule has 2 rings (SSSR count). The molecule has 5 heteroatoms. The van der Waals surface area contributed by atoms with Gasteiger partial charge in [-0.3, -0.25) is 4.79 Å². The largest absolute Gasteiger partial charge is 0.545 e. The lowest BCUT2D eigenvalue weighted by atomic mass is 10.2. The fourth-order valence-corrected chi connectivity index (χ4v) is 1.65. The molecular formula is C16H13N2O3-. The number of hydrogen-bond acceptors (Lipinski definition) is 4. The van der Waals surface area contributed by atoms with Gasteiger partial charge in [-0.1, -0.05) is 18.2 Å². The fourth-order valence-electron chi connectivity index (χ4n) is 1.65. The number of carbonyl (C=O) groups is 2. The van der Waals surface area contributed by atoms with Crippen LogP contribution in [0.3, 0.4) is 0 Å². The highest BCUT2D eigenvalue weighted by Crippen LogP contribution is 2.18. The first-order chi connectivity index (χ1) is 10.1. The molecule has 0 unspecified atom stereocenters. The van der Waals surface area contributed by atoms with Crippen molar-refractivity contribution in [2.75, 3.05) is 10.6 Å². The summed E-state index contributed by atoms with van der Waals surface area (Å²) in [6, 6.07) is 16.7. The van der Waals surface area contributed by atoms with Crippen molar-refractivity contribution in [2.45, 2.75) is 0 Å². The standard InChI is InChI=1S/C16H14N2O3/c19-15(10-11-16(20)21)18-14-8-6-13(7-9-14)17-12-4-2-1-3-5-12/h1-11,17H,(H,18,19)(H,20,21)/p-1. The smallest absolute Gasteiger partial charge is 0.248 e. The van der Waals surface area contributed by atoms with E-state index in [9.17, 15) is 14.7 Å². The third-order valence-corrected chi connectivity index (χ3v) is 2.59. The first kappa shape index (κ1) is 14.3. The Balaban J connectivity index is 1.96. The van der Waals surface area contributed by atoms with Crippen LogP contribution in [0.25, 0.3) is 0 Å². The minimum atomic E-state index is -1.41. The van der Waals surface area contributed by atoms with Gasteiger partial charge >= 0.3 is 0 Å². The van der Waals surface area contributed by atoms with E-state index in [0.717, 1.165) is 17.5 Å². The molecule has 0 atom stereocenters. The van der Waals surface area contributed by atoms with E-state index in [1.807, 2.05) is 42.5 Å². The van der Waals surface area contributed by atoms with Gasteiger partial charge in [-0.15, -0.1) is 0 Å². The van der Waals surface area contributed by atoms with Crippen molar-refractivity contribution in [2.24, 2.45) is 0 Å². The number of carboxylic acid groups (broad SMARTS) is 1. The van der Waals surface area contributed by atoms with Crippen molar-refractivity contribution in [3.63, 3.8) is 0 Å². The van der Waals surface area contributed by atoms with Crippen LogP contribution in [0.2, 0.25) is 0 Å². The molecule has 106 valence electrons. The molecule has 0 radical (unpaired) electrons. The normalized spacial score (nSPS) is 10.3. The van der Waals surface area contributed by atoms with E-state index in [0.29, 0.717) is 11.8 Å². The van der Waals surface area contributed by atoms with Crippen molar-refractivity contribution in [1.82, 2.24) is 0 Å². The van der Waals surface area contributed by atoms with Gasteiger partial charge in [0.1, 0.15) is 0 Å². The molecule has 0 heterocycles. The minimum absolute atomic E-state index is 0.525. The molecule has 5 nitrogen and oxygen atoms in total. The van der Waals surface area contributed by atoms with Gasteiger partial charge in [-0.05, 0) is 42.5 Å². The summed E-state index contributed by atoms with van der Waals surface area (Å²) >= 11 is 0. The summed E-state index contributed by atoms with van der Waals surface area (Å²) in [6.07, 6.45) is 1.59. The van der Waals surface area contributed by atoms with Crippen LogP contribution >= 0.6 is 0 Å². The van der Waals surface area contributed by atoms with Crippen LogP contribution in [0.4, 0.5) is 17.1 Å². The zero-order valence-electron chi connectivity index (χ0n) is 11.1. The summed E-state index contributed by atoms with van der Waals surface area (Å²) in [4.78, 5) is 21.6. The van der Waals surface area contributed by atoms with Crippen molar-refractivity contribution < 1.29 is 14.7 Å². The van der Waals surface area contributed by atoms with Gasteiger partial charge in [0.2, 0.25) is 5.91 Å². The van der Waals surface area contributed by atoms with E-state index >= 15 is 0 Å². The molecule has 0 saturated heterocycles. The molecule has 2 N–H and O–H groups in total. The molecule has 0 aromatic heterocycles. The van der Waals surface area contributed by atoms with Crippen LogP contribution < -0.4 is 15.7 Å². The molecule has 2 aromatic rings. The summed E-state index contributed by atoms with van der Waals surface area (Å²) in [6.45, 7) is 0. The van der Waals surface area contributed by atoms with Crippen LogP contribution in [-0.2, 0) is 9.59 Å². The van der Waals surface area contributed by atoms with E-state index in [4.69, 9.17) is 0 Å². The lowest BCUT2D eigenvalue weighted by Gasteiger charge is -2.07. The first-order valence-corrected chi connectivity index (χ1v) is 6.26. The van der Waals surface area contributed by atoms with E-state index in [1.165, 1.54) is 0 Å². The monoisotopic (exact) mass is 281 g/mol. The Morgan fingerprint density at radius 1 is 0.810 bits per heavy atom. The molecule has 21 heavy (non-hydrogen) atoms. The van der Waals surface area contributed by atoms with Gasteiger partial charge in [0, 0.05) is 23.1 Å². The molecule has 1 amide bonds. The second-order valence-corrected chi connectivity index (χ2v) is 4.21. The number of anilines is 3. The third kappa shape index (κ3) is 4.83. The molecular weight excluding hydrogens is 268 g/mol. The maximum absolute atomic E-state index is 11.4. The van der Waals surface area contributed by atoms with Crippen molar-refractivity contribution >= 4 is 28.9 Å². The fraction of sp³-hybridized carbons (Fsp3) is 0. The van der Waals surface area contributed by atoms with Crippen molar-refractivity contribution in [3.8, 4) is 0 Å². The minimum Gasteiger partial charge on any atom is -0.545 e. The number of benzene rings is 2. The lowest BCUT2D eigenvalue weighted by Crippen LogP contribution is -2.20. The predicted molar refractivity (Wildman–Crippen MR) is 78.9 cm³/mol. The lowest BCUT2D eigenvalue weighted by molar-refractivity contribution is -0.297. The highest BCUT2D eigenvalue weighted by molar-refractivity contribution is 6.02. The van der Waals surface area contributed by atoms with Crippen LogP contribution in [0.5, 0.6) is 0 Å². The van der Waals surface area contributed by atoms with E-state index in [2.05, 4.69) is 10.6 Å². The summed E-state index contributed by atoms with van der Waals surface area (Å²) < 4.78 is 0. The van der Waals surface area contributed by atoms with E-state index in [1.54, 1.807) is 12.1 Å². The molecule has 0 saturated carbocycles. The van der Waals surface area contributed by atoms with Gasteiger partial charge < -0.3 is 20.5 Å². The summed E-state index contributed by atoms with van der Waals surface area (Å²) in [7, 11) is 0. The maximum atomic E-state index is 11.4. The van der Waals surface area contributed by atoms with Crippen LogP contribution in [0, 0.1) is 0 Å². The molecule has 0 aliphatic carbocycles. The molecule has 0 aliphatic rings. The second kappa shape index (κ2) is 6.91. The van der Waals surface area contributed by atoms with Crippen LogP contribution in [-0.4, -0.2) is 11.9 Å². The van der Waals surface area contributed by atoms with Crippen molar-refractivity contribution in [3.05, 3.63) is 66.7 Å². The van der Waals surface area contributed by atoms with Crippen molar-refractivity contribution in [1.29, 1.82) is 0 Å². The van der Waals surface area contributed by atoms with Gasteiger partial charge in [0.05, 0.1) is 5.97 Å². The Hall–Kier alpha value is -3.08. The summed E-state index contributed by atoms with van der Waals surface area (Å²) in [5.74, 6) is -1.93. The Labute approximate surface area is 121 Å². The number of carbonyl (C=O) groups excluding carboxylic acids is 2. The van der Waals surface area contributed by atoms with E-state index in [-0.39, 0.29) is 0 Å². The van der Waals surface area contributed by atoms with Gasteiger partial charge in [-0.25, -0.2) is 0 Å². The zero-order chi connectivity index (χ0) is 15.1. The van der Waals surface area contributed by atoms with Gasteiger partial charge in [0.15, 0.2) is 0 Å². The number of nitrogens with one attached hydrogen (secondary N) is 2. The maximum Gasteiger partial charge on any atom is 0.248 e. The molecule has 2 aromatic carbocycles. The number of aliphatic carboxylic acids is 1. The Morgan fingerprint density at radius 3 is 2.00 bits per heavy atom. The topological polar surface area (TPSA) is 81.3 Å². The van der Waals surface area contributed by atoms with Gasteiger partial charge in [-0.2, -0.15) is 0 Å². The quantitative estimate of drug-likeness (QED) is 0.817. The number of hydrogen-bond donors (Lipinski definition) is 2. The molecule has 0 fully saturated rings. The molecule has 0 bridgehead atoms. The zero-order valence-corrected chi connectivity index (χ0v) is 11.1. The Bertz CT molecular complexity index is 649. The first-order valence-electron chi connectivity index (χ1n) is 6.26. The average Bonchev–Trinajstić information content (AvgIpc) is 2.48. The average molecular weight is 281 g/mol. The van der Waals surface area contributed by atoms with Gasteiger partial charge in [0.25, 0.3) is 0 Å². The number of rotatable bonds is 5. The molecule has 0 aliphatic heterocycles. The summed E-state index contributed by atoms with van der Waals surface area (Å²) in [5, 5.41) is 15.9. The number of amides is 1.